The van der Waals surface area contributed by atoms with Crippen molar-refractivity contribution in [3.63, 3.8) is 0 Å². The molecular formula is C21H27NOS. The van der Waals surface area contributed by atoms with E-state index in [2.05, 4.69) is 67.3 Å². The number of aryl methyl sites for hydroxylation is 2. The zero-order valence-corrected chi connectivity index (χ0v) is 15.7. The Morgan fingerprint density at radius 1 is 1.04 bits per heavy atom. The van der Waals surface area contributed by atoms with Gasteiger partial charge in [0.2, 0.25) is 0 Å². The predicted octanol–water partition coefficient (Wildman–Crippen LogP) is 5.51. The molecule has 0 amide bonds. The van der Waals surface area contributed by atoms with Crippen LogP contribution in [-0.4, -0.2) is 18.3 Å². The average molecular weight is 342 g/mol. The van der Waals surface area contributed by atoms with E-state index in [1.807, 2.05) is 0 Å². The topological polar surface area (TPSA) is 14.2 Å². The van der Waals surface area contributed by atoms with Crippen molar-refractivity contribution in [2.45, 2.75) is 32.6 Å². The van der Waals surface area contributed by atoms with E-state index >= 15 is 0 Å². The molecule has 0 unspecified atom stereocenters. The first-order valence-corrected chi connectivity index (χ1v) is 8.99. The van der Waals surface area contributed by atoms with Gasteiger partial charge in [-0.3, -0.25) is 0 Å². The molecule has 0 saturated heterocycles. The maximum atomic E-state index is 5.82. The summed E-state index contributed by atoms with van der Waals surface area (Å²) in [7, 11) is 3.81. The van der Waals surface area contributed by atoms with Crippen LogP contribution in [0.1, 0.15) is 30.9 Å². The number of ether oxygens (including phenoxy) is 1. The van der Waals surface area contributed by atoms with Crippen LogP contribution in [0.5, 0.6) is 0 Å². The highest BCUT2D eigenvalue weighted by Crippen LogP contribution is 2.27. The second-order valence-corrected chi connectivity index (χ2v) is 6.42. The quantitative estimate of drug-likeness (QED) is 0.464. The van der Waals surface area contributed by atoms with Crippen molar-refractivity contribution < 1.29 is 4.74 Å². The molecule has 0 radical (unpaired) electrons. The van der Waals surface area contributed by atoms with Gasteiger partial charge in [0.05, 0.1) is 11.1 Å². The van der Waals surface area contributed by atoms with Crippen LogP contribution in [0.2, 0.25) is 0 Å². The Morgan fingerprint density at radius 3 is 2.58 bits per heavy atom. The van der Waals surface area contributed by atoms with Crippen LogP contribution in [0.4, 0.5) is 0 Å². The van der Waals surface area contributed by atoms with Gasteiger partial charge in [0.15, 0.2) is 0 Å². The minimum absolute atomic E-state index is 0.720. The van der Waals surface area contributed by atoms with Crippen LogP contribution in [0.25, 0.3) is 11.1 Å². The Labute approximate surface area is 150 Å². The zero-order chi connectivity index (χ0) is 17.4. The van der Waals surface area contributed by atoms with Gasteiger partial charge in [-0.1, -0.05) is 55.6 Å². The standard InChI is InChI=1S/C21H27NOS/c1-4-5-6-7-11-18-15-22(2)16-20(21(18)24)19-12-9-8-10-17(19)13-14-23-3/h5-6,8-10,12,15-16H,4,7,11,13-14H2,1-3H3. The molecule has 0 bridgehead atoms. The molecule has 24 heavy (non-hydrogen) atoms. The van der Waals surface area contributed by atoms with Crippen LogP contribution in [0.3, 0.4) is 0 Å². The van der Waals surface area contributed by atoms with E-state index in [0.29, 0.717) is 0 Å². The summed E-state index contributed by atoms with van der Waals surface area (Å²) in [6.07, 6.45) is 12.8. The number of benzene rings is 1. The minimum atomic E-state index is 0.720. The van der Waals surface area contributed by atoms with Gasteiger partial charge in [-0.2, -0.15) is 0 Å². The lowest BCUT2D eigenvalue weighted by atomic mass is 9.97. The third kappa shape index (κ3) is 4.89. The molecule has 1 aromatic heterocycles. The van der Waals surface area contributed by atoms with Crippen molar-refractivity contribution in [1.29, 1.82) is 0 Å². The van der Waals surface area contributed by atoms with E-state index in [4.69, 9.17) is 17.0 Å². The lowest BCUT2D eigenvalue weighted by Crippen LogP contribution is -2.01. The molecule has 0 saturated carbocycles. The van der Waals surface area contributed by atoms with Crippen LogP contribution in [-0.2, 0) is 24.6 Å². The summed E-state index contributed by atoms with van der Waals surface area (Å²) in [5.74, 6) is 0. The van der Waals surface area contributed by atoms with Crippen molar-refractivity contribution in [1.82, 2.24) is 4.57 Å². The Morgan fingerprint density at radius 2 is 1.83 bits per heavy atom. The molecule has 0 atom stereocenters. The molecule has 2 rings (SSSR count). The molecule has 0 N–H and O–H groups in total. The molecule has 0 aliphatic rings. The van der Waals surface area contributed by atoms with E-state index in [0.717, 1.165) is 42.4 Å². The molecule has 3 heteroatoms. The predicted molar refractivity (Wildman–Crippen MR) is 105 cm³/mol. The lowest BCUT2D eigenvalue weighted by Gasteiger charge is -2.13. The smallest absolute Gasteiger partial charge is 0.0516 e. The minimum Gasteiger partial charge on any atom is -0.384 e. The second-order valence-electron chi connectivity index (χ2n) is 6.01. The fourth-order valence-corrected chi connectivity index (χ4v) is 3.20. The van der Waals surface area contributed by atoms with Crippen molar-refractivity contribution >= 4 is 12.2 Å². The third-order valence-electron chi connectivity index (χ3n) is 4.09. The fraction of sp³-hybridized carbons (Fsp3) is 0.381. The van der Waals surface area contributed by atoms with Crippen LogP contribution < -0.4 is 0 Å². The van der Waals surface area contributed by atoms with Crippen LogP contribution in [0, 0.1) is 4.51 Å². The maximum absolute atomic E-state index is 5.82. The van der Waals surface area contributed by atoms with Gasteiger partial charge in [-0.25, -0.2) is 0 Å². The number of aromatic nitrogens is 1. The van der Waals surface area contributed by atoms with E-state index in [1.54, 1.807) is 7.11 Å². The summed E-state index contributed by atoms with van der Waals surface area (Å²) in [5, 5.41) is 0. The van der Waals surface area contributed by atoms with E-state index in [-0.39, 0.29) is 0 Å². The monoisotopic (exact) mass is 341 g/mol. The Kier molecular flexibility index (Phi) is 7.41. The normalized spacial score (nSPS) is 11.3. The first-order chi connectivity index (χ1) is 11.7. The highest BCUT2D eigenvalue weighted by atomic mass is 32.1. The molecular weight excluding hydrogens is 314 g/mol. The molecule has 0 aliphatic heterocycles. The molecule has 128 valence electrons. The molecule has 0 spiro atoms. The summed E-state index contributed by atoms with van der Waals surface area (Å²) < 4.78 is 8.35. The Balaban J connectivity index is 2.39. The molecule has 2 nitrogen and oxygen atoms in total. The number of rotatable bonds is 8. The van der Waals surface area contributed by atoms with E-state index in [1.165, 1.54) is 16.7 Å². The fourth-order valence-electron chi connectivity index (χ4n) is 2.88. The van der Waals surface area contributed by atoms with Gasteiger partial charge in [0, 0.05) is 32.1 Å². The number of hydrogen-bond acceptors (Lipinski definition) is 2. The van der Waals surface area contributed by atoms with Gasteiger partial charge in [0.1, 0.15) is 0 Å². The van der Waals surface area contributed by atoms with Gasteiger partial charge in [0.25, 0.3) is 0 Å². The molecule has 0 aliphatic carbocycles. The summed E-state index contributed by atoms with van der Waals surface area (Å²) in [6, 6.07) is 8.49. The molecule has 1 heterocycles. The molecule has 1 aromatic carbocycles. The molecule has 0 fully saturated rings. The summed E-state index contributed by atoms with van der Waals surface area (Å²) >= 11 is 5.82. The number of methoxy groups -OCH3 is 1. The summed E-state index contributed by atoms with van der Waals surface area (Å²) in [6.45, 7) is 2.88. The van der Waals surface area contributed by atoms with Gasteiger partial charge < -0.3 is 9.30 Å². The summed E-state index contributed by atoms with van der Waals surface area (Å²) in [5.41, 5.74) is 4.90. The van der Waals surface area contributed by atoms with Crippen LogP contribution >= 0.6 is 12.2 Å². The van der Waals surface area contributed by atoms with Crippen molar-refractivity contribution in [2.75, 3.05) is 13.7 Å². The largest absolute Gasteiger partial charge is 0.384 e. The average Bonchev–Trinajstić information content (AvgIpc) is 2.59. The lowest BCUT2D eigenvalue weighted by molar-refractivity contribution is 0.202. The van der Waals surface area contributed by atoms with Crippen molar-refractivity contribution in [2.24, 2.45) is 7.05 Å². The molecule has 2 aromatic rings. The van der Waals surface area contributed by atoms with Gasteiger partial charge in [-0.05, 0) is 42.4 Å². The number of pyridine rings is 1. The van der Waals surface area contributed by atoms with Crippen molar-refractivity contribution in [3.8, 4) is 11.1 Å². The van der Waals surface area contributed by atoms with E-state index in [9.17, 15) is 0 Å². The SMILES string of the molecule is CCC=CCCc1cn(C)cc(-c2ccccc2CCOC)c1=S. The van der Waals surface area contributed by atoms with Gasteiger partial charge >= 0.3 is 0 Å². The highest BCUT2D eigenvalue weighted by Gasteiger charge is 2.09. The summed E-state index contributed by atoms with van der Waals surface area (Å²) in [4.78, 5) is 0. The second kappa shape index (κ2) is 9.55. The van der Waals surface area contributed by atoms with Crippen molar-refractivity contribution in [3.05, 3.63) is 64.4 Å². The van der Waals surface area contributed by atoms with Crippen LogP contribution in [0.15, 0.2) is 48.8 Å². The third-order valence-corrected chi connectivity index (χ3v) is 4.58. The maximum Gasteiger partial charge on any atom is 0.0516 e. The first kappa shape index (κ1) is 18.6. The van der Waals surface area contributed by atoms with Gasteiger partial charge in [-0.15, -0.1) is 0 Å². The number of allylic oxidation sites excluding steroid dienone is 2. The zero-order valence-electron chi connectivity index (χ0n) is 14.9. The highest BCUT2D eigenvalue weighted by molar-refractivity contribution is 7.71. The number of nitrogens with zero attached hydrogens (tertiary/aromatic N) is 1. The first-order valence-electron chi connectivity index (χ1n) is 8.58. The number of hydrogen-bond donors (Lipinski definition) is 0. The Hall–Kier alpha value is -1.71. The Bertz CT molecular complexity index is 746. The van der Waals surface area contributed by atoms with E-state index < -0.39 is 0 Å².